The third-order valence-electron chi connectivity index (χ3n) is 8.52. The molecule has 0 aliphatic carbocycles. The van der Waals surface area contributed by atoms with Gasteiger partial charge in [0.15, 0.2) is 6.20 Å². The Kier molecular flexibility index (Phi) is 13.9. The van der Waals surface area contributed by atoms with E-state index in [9.17, 15) is 0 Å². The number of nitrogens with zero attached hydrogens (tertiary/aromatic N) is 1. The summed E-state index contributed by atoms with van der Waals surface area (Å²) in [5.41, 5.74) is 4.45. The summed E-state index contributed by atoms with van der Waals surface area (Å²) in [7, 11) is 0. The van der Waals surface area contributed by atoms with E-state index in [1.165, 1.54) is 87.8 Å². The summed E-state index contributed by atoms with van der Waals surface area (Å²) in [5, 5.41) is 1.34. The van der Waals surface area contributed by atoms with Gasteiger partial charge in [0.05, 0.1) is 6.15 Å². The van der Waals surface area contributed by atoms with Crippen molar-refractivity contribution in [2.75, 3.05) is 0 Å². The van der Waals surface area contributed by atoms with E-state index in [0.717, 1.165) is 6.54 Å². The molecule has 0 unspecified atom stereocenters. The van der Waals surface area contributed by atoms with E-state index in [1.807, 2.05) is 0 Å². The molecule has 0 atom stereocenters. The van der Waals surface area contributed by atoms with Crippen LogP contribution in [0.2, 0.25) is 12.6 Å². The molecular formula is C37H52BN. The maximum atomic E-state index is 2.38. The van der Waals surface area contributed by atoms with Crippen molar-refractivity contribution in [3.63, 3.8) is 0 Å². The second-order valence-electron chi connectivity index (χ2n) is 11.4. The van der Waals surface area contributed by atoms with E-state index in [1.54, 1.807) is 10.9 Å². The average molecular weight is 522 g/mol. The van der Waals surface area contributed by atoms with Gasteiger partial charge < -0.3 is 0 Å². The lowest BCUT2D eigenvalue weighted by Crippen LogP contribution is -2.58. The zero-order valence-electron chi connectivity index (χ0n) is 25.0. The highest BCUT2D eigenvalue weighted by Gasteiger charge is 2.26. The van der Waals surface area contributed by atoms with Gasteiger partial charge in [0.1, 0.15) is 6.54 Å². The Morgan fingerprint density at radius 3 is 1.56 bits per heavy atom. The Bertz CT molecular complexity index is 1120. The van der Waals surface area contributed by atoms with Crippen molar-refractivity contribution in [2.45, 2.75) is 104 Å². The fraction of sp³-hybridized carbons (Fsp3) is 0.432. The van der Waals surface area contributed by atoms with Gasteiger partial charge in [0, 0.05) is 23.9 Å². The average Bonchev–Trinajstić information content (AvgIpc) is 3.00. The first-order valence-electron chi connectivity index (χ1n) is 15.9. The molecule has 0 radical (unpaired) electrons. The highest BCUT2D eigenvalue weighted by molar-refractivity contribution is 7.02. The first-order chi connectivity index (χ1) is 19.2. The minimum absolute atomic E-state index is 0.611. The van der Waals surface area contributed by atoms with Crippen molar-refractivity contribution in [3.05, 3.63) is 103 Å². The van der Waals surface area contributed by atoms with Gasteiger partial charge in [-0.15, -0.1) is 0 Å². The van der Waals surface area contributed by atoms with Gasteiger partial charge in [-0.2, -0.15) is 17.2 Å². The molecule has 1 nitrogen and oxygen atoms in total. The number of para-hydroxylation sites is 1. The Hall–Kier alpha value is -2.87. The van der Waals surface area contributed by atoms with Crippen molar-refractivity contribution in [3.8, 4) is 0 Å². The van der Waals surface area contributed by atoms with Gasteiger partial charge in [-0.25, -0.2) is 10.9 Å². The van der Waals surface area contributed by atoms with Gasteiger partial charge in [-0.1, -0.05) is 145 Å². The molecule has 0 aliphatic rings. The summed E-state index contributed by atoms with van der Waals surface area (Å²) in [5.74, 6) is 0. The largest absolute Gasteiger partial charge is 0.212 e. The highest BCUT2D eigenvalue weighted by Crippen LogP contribution is 2.22. The molecule has 3 aromatic carbocycles. The molecule has 0 aliphatic heterocycles. The zero-order valence-corrected chi connectivity index (χ0v) is 25.0. The standard InChI is InChI=1S/C20H28B.C17H24N/c1-3-5-17-21(18-6-4-2,19-13-9-7-10-14-19)20-15-11-8-12-16-20;1-2-3-4-5-6-9-14-18-15-10-12-16-11-7-8-13-17(16)18/h7-16H,3-6,17-18H2,1-2H3;7-8,10-13,15H,2-6,9,14H2,1H3/q-1;+1. The summed E-state index contributed by atoms with van der Waals surface area (Å²) in [6, 6.07) is 35.4. The molecule has 0 N–H and O–H groups in total. The summed E-state index contributed by atoms with van der Waals surface area (Å²) < 4.78 is 2.38. The molecular weight excluding hydrogens is 469 g/mol. The highest BCUT2D eigenvalue weighted by atomic mass is 14.9. The van der Waals surface area contributed by atoms with Crippen LogP contribution in [-0.4, -0.2) is 6.15 Å². The minimum atomic E-state index is -0.611. The van der Waals surface area contributed by atoms with E-state index >= 15 is 0 Å². The van der Waals surface area contributed by atoms with Gasteiger partial charge in [-0.05, 0) is 18.6 Å². The monoisotopic (exact) mass is 521 g/mol. The second kappa shape index (κ2) is 17.7. The summed E-state index contributed by atoms with van der Waals surface area (Å²) >= 11 is 0. The molecule has 4 aromatic rings. The van der Waals surface area contributed by atoms with Crippen LogP contribution in [0.4, 0.5) is 0 Å². The van der Waals surface area contributed by atoms with Crippen LogP contribution in [0.15, 0.2) is 103 Å². The van der Waals surface area contributed by atoms with Gasteiger partial charge in [-0.3, -0.25) is 0 Å². The molecule has 1 aromatic heterocycles. The number of rotatable bonds is 15. The van der Waals surface area contributed by atoms with Crippen molar-refractivity contribution in [1.29, 1.82) is 0 Å². The van der Waals surface area contributed by atoms with E-state index in [4.69, 9.17) is 0 Å². The maximum absolute atomic E-state index is 2.38. The fourth-order valence-corrected chi connectivity index (χ4v) is 6.23. The predicted octanol–water partition coefficient (Wildman–Crippen LogP) is 9.34. The van der Waals surface area contributed by atoms with Crippen LogP contribution in [0.3, 0.4) is 0 Å². The number of benzene rings is 3. The van der Waals surface area contributed by atoms with Gasteiger partial charge >= 0.3 is 0 Å². The smallest absolute Gasteiger partial charge is 0.205 e. The lowest BCUT2D eigenvalue weighted by atomic mass is 9.15. The van der Waals surface area contributed by atoms with Crippen LogP contribution in [0, 0.1) is 0 Å². The molecule has 0 bridgehead atoms. The number of hydrogen-bond acceptors (Lipinski definition) is 0. The summed E-state index contributed by atoms with van der Waals surface area (Å²) in [6.07, 6.45) is 17.5. The second-order valence-corrected chi connectivity index (χ2v) is 11.4. The van der Waals surface area contributed by atoms with Crippen molar-refractivity contribution in [1.82, 2.24) is 0 Å². The van der Waals surface area contributed by atoms with Gasteiger partial charge in [0.25, 0.3) is 0 Å². The van der Waals surface area contributed by atoms with Crippen molar-refractivity contribution < 1.29 is 4.57 Å². The molecule has 39 heavy (non-hydrogen) atoms. The molecule has 4 rings (SSSR count). The Labute approximate surface area is 239 Å². The Morgan fingerprint density at radius 2 is 0.974 bits per heavy atom. The minimum Gasteiger partial charge on any atom is -0.205 e. The molecule has 208 valence electrons. The number of pyridine rings is 1. The first kappa shape index (κ1) is 30.7. The predicted molar refractivity (Wildman–Crippen MR) is 175 cm³/mol. The van der Waals surface area contributed by atoms with Gasteiger partial charge in [0.2, 0.25) is 5.52 Å². The lowest BCUT2D eigenvalue weighted by molar-refractivity contribution is -0.671. The van der Waals surface area contributed by atoms with Crippen LogP contribution in [-0.2, 0) is 6.54 Å². The van der Waals surface area contributed by atoms with Crippen LogP contribution in [0.25, 0.3) is 10.9 Å². The number of aromatic nitrogens is 1. The normalized spacial score (nSPS) is 11.3. The fourth-order valence-electron chi connectivity index (χ4n) is 6.23. The molecule has 0 fully saturated rings. The maximum Gasteiger partial charge on any atom is 0.212 e. The Balaban J connectivity index is 0.000000218. The van der Waals surface area contributed by atoms with E-state index in [0.29, 0.717) is 0 Å². The third kappa shape index (κ3) is 9.38. The Morgan fingerprint density at radius 1 is 0.487 bits per heavy atom. The van der Waals surface area contributed by atoms with Crippen LogP contribution in [0.1, 0.15) is 85.0 Å². The van der Waals surface area contributed by atoms with Crippen LogP contribution in [0.5, 0.6) is 0 Å². The summed E-state index contributed by atoms with van der Waals surface area (Å²) in [6.45, 7) is 8.02. The van der Waals surface area contributed by atoms with Crippen molar-refractivity contribution >= 4 is 28.0 Å². The van der Waals surface area contributed by atoms with E-state index < -0.39 is 6.15 Å². The number of fused-ring (bicyclic) bond motifs is 1. The SMILES string of the molecule is CCCCCCCC[n+]1cccc2ccccc21.CCCC[B-](CCCC)(c1ccccc1)c1ccccc1. The molecule has 1 heterocycles. The summed E-state index contributed by atoms with van der Waals surface area (Å²) in [4.78, 5) is 0. The molecule has 0 saturated heterocycles. The number of hydrogen-bond donors (Lipinski definition) is 0. The quantitative estimate of drug-likeness (QED) is 0.0834. The van der Waals surface area contributed by atoms with Crippen molar-refractivity contribution in [2.24, 2.45) is 0 Å². The molecule has 2 heteroatoms. The third-order valence-corrected chi connectivity index (χ3v) is 8.52. The number of unbranched alkanes of at least 4 members (excludes halogenated alkanes) is 7. The van der Waals surface area contributed by atoms with E-state index in [-0.39, 0.29) is 0 Å². The topological polar surface area (TPSA) is 3.88 Å². The molecule has 0 amide bonds. The van der Waals surface area contributed by atoms with E-state index in [2.05, 4.69) is 129 Å². The van der Waals surface area contributed by atoms with Crippen LogP contribution >= 0.6 is 0 Å². The first-order valence-corrected chi connectivity index (χ1v) is 15.9. The molecule has 0 spiro atoms. The lowest BCUT2D eigenvalue weighted by Gasteiger charge is -2.42. The molecule has 0 saturated carbocycles. The number of aryl methyl sites for hydroxylation is 1. The zero-order chi connectivity index (χ0) is 27.6. The van der Waals surface area contributed by atoms with Crippen LogP contribution < -0.4 is 15.5 Å².